The van der Waals surface area contributed by atoms with E-state index in [2.05, 4.69) is 24.0 Å². The molecule has 7 atom stereocenters. The number of nitrogens with zero attached hydrogens (tertiary/aromatic N) is 1. The van der Waals surface area contributed by atoms with Crippen molar-refractivity contribution in [3.05, 3.63) is 47.1 Å². The van der Waals surface area contributed by atoms with Crippen molar-refractivity contribution in [2.24, 2.45) is 16.7 Å². The first-order chi connectivity index (χ1) is 17.8. The van der Waals surface area contributed by atoms with Crippen LogP contribution in [0.25, 0.3) is 0 Å². The number of allylic oxidation sites excluding steroid dienone is 3. The quantitative estimate of drug-likeness (QED) is 0.554. The SMILES string of the molecule is CO[C@]12CCC3(CC1(C)[C@H](O)C1=CC=CCC1=S)C1Cc4ccc(O)c5c4[C@@]3(CCN1CC1CC1)[C@@H]2O5. The zero-order chi connectivity index (χ0) is 25.4. The Morgan fingerprint density at radius 2 is 2.08 bits per heavy atom. The van der Waals surface area contributed by atoms with Crippen LogP contribution in [0.2, 0.25) is 0 Å². The lowest BCUT2D eigenvalue weighted by atomic mass is 9.31. The highest BCUT2D eigenvalue weighted by atomic mass is 32.1. The molecule has 4 saturated carbocycles. The van der Waals surface area contributed by atoms with Gasteiger partial charge in [-0.3, -0.25) is 4.90 Å². The summed E-state index contributed by atoms with van der Waals surface area (Å²) < 4.78 is 13.6. The molecular formula is C31H37NO4S. The predicted molar refractivity (Wildman–Crippen MR) is 145 cm³/mol. The van der Waals surface area contributed by atoms with Crippen molar-refractivity contribution in [3.8, 4) is 11.5 Å². The summed E-state index contributed by atoms with van der Waals surface area (Å²) in [5.41, 5.74) is 1.96. The zero-order valence-corrected chi connectivity index (χ0v) is 22.7. The Balaban J connectivity index is 1.36. The van der Waals surface area contributed by atoms with E-state index in [1.807, 2.05) is 25.3 Å². The molecule has 3 unspecified atom stereocenters. The van der Waals surface area contributed by atoms with Crippen molar-refractivity contribution in [2.75, 3.05) is 20.2 Å². The number of ether oxygens (including phenoxy) is 2. The number of rotatable bonds is 5. The summed E-state index contributed by atoms with van der Waals surface area (Å²) in [7, 11) is 1.81. The molecule has 0 amide bonds. The lowest BCUT2D eigenvalue weighted by Gasteiger charge is -2.77. The first-order valence-corrected chi connectivity index (χ1v) is 14.6. The molecule has 1 aromatic rings. The van der Waals surface area contributed by atoms with E-state index in [4.69, 9.17) is 21.7 Å². The maximum atomic E-state index is 12.3. The molecule has 1 aromatic carbocycles. The predicted octanol–water partition coefficient (Wildman–Crippen LogP) is 4.62. The molecule has 2 aliphatic heterocycles. The molecule has 6 heteroatoms. The number of hydrogen-bond donors (Lipinski definition) is 2. The number of methoxy groups -OCH3 is 1. The van der Waals surface area contributed by atoms with Crippen LogP contribution in [-0.4, -0.2) is 64.0 Å². The molecule has 2 spiro atoms. The number of thiocarbonyl (C=S) groups is 1. The number of aliphatic hydroxyl groups excluding tert-OH is 1. The van der Waals surface area contributed by atoms with Crippen molar-refractivity contribution in [3.63, 3.8) is 0 Å². The van der Waals surface area contributed by atoms with Gasteiger partial charge in [0.1, 0.15) is 11.7 Å². The van der Waals surface area contributed by atoms with Gasteiger partial charge in [0.05, 0.1) is 6.10 Å². The number of fused-ring (bicyclic) bond motifs is 2. The standard InChI is InChI=1S/C31H37NO4S/c1-28(26(34)20-5-3-4-6-22(20)37)17-29-11-12-31(28,35-2)27-30(29)13-14-32(16-18-7-8-18)23(29)15-19-9-10-21(33)25(36-27)24(19)30/h3-5,9-10,18,23,26-27,33-34H,6-8,11-17H2,1-2H3/t23?,26-,27+,28?,29?,30+,31+/m1/s1. The highest BCUT2D eigenvalue weighted by Gasteiger charge is 2.84. The van der Waals surface area contributed by atoms with Crippen molar-refractivity contribution in [1.29, 1.82) is 0 Å². The van der Waals surface area contributed by atoms with Gasteiger partial charge in [0.25, 0.3) is 0 Å². The molecule has 6 aliphatic carbocycles. The summed E-state index contributed by atoms with van der Waals surface area (Å²) in [4.78, 5) is 3.63. The molecule has 4 bridgehead atoms. The van der Waals surface area contributed by atoms with Crippen LogP contribution in [-0.2, 0) is 16.6 Å². The van der Waals surface area contributed by atoms with E-state index in [9.17, 15) is 10.2 Å². The molecule has 0 radical (unpaired) electrons. The maximum absolute atomic E-state index is 12.3. The molecule has 37 heavy (non-hydrogen) atoms. The summed E-state index contributed by atoms with van der Waals surface area (Å²) in [6, 6.07) is 4.38. The van der Waals surface area contributed by atoms with Crippen LogP contribution in [0, 0.1) is 16.7 Å². The van der Waals surface area contributed by atoms with E-state index in [-0.39, 0.29) is 22.7 Å². The highest BCUT2D eigenvalue weighted by Crippen LogP contribution is 2.79. The van der Waals surface area contributed by atoms with Gasteiger partial charge in [-0.1, -0.05) is 43.4 Å². The van der Waals surface area contributed by atoms with Gasteiger partial charge in [0.15, 0.2) is 11.5 Å². The van der Waals surface area contributed by atoms with E-state index in [0.717, 1.165) is 55.0 Å². The molecule has 5 fully saturated rings. The minimum atomic E-state index is -0.737. The Morgan fingerprint density at radius 3 is 2.84 bits per heavy atom. The first-order valence-electron chi connectivity index (χ1n) is 14.2. The Hall–Kier alpha value is -1.73. The Labute approximate surface area is 224 Å². The van der Waals surface area contributed by atoms with Gasteiger partial charge in [-0.15, -0.1) is 0 Å². The number of benzene rings is 1. The second-order valence-electron chi connectivity index (χ2n) is 13.2. The van der Waals surface area contributed by atoms with Crippen LogP contribution in [0.15, 0.2) is 35.9 Å². The average molecular weight is 520 g/mol. The fourth-order valence-electron chi connectivity index (χ4n) is 10.4. The molecule has 2 heterocycles. The Bertz CT molecular complexity index is 1290. The van der Waals surface area contributed by atoms with E-state index in [1.54, 1.807) is 0 Å². The molecule has 196 valence electrons. The molecular weight excluding hydrogens is 482 g/mol. The van der Waals surface area contributed by atoms with Gasteiger partial charge in [-0.25, -0.2) is 0 Å². The summed E-state index contributed by atoms with van der Waals surface area (Å²) in [5.74, 6) is 1.75. The van der Waals surface area contributed by atoms with Crippen LogP contribution in [0.1, 0.15) is 63.0 Å². The molecule has 1 saturated heterocycles. The van der Waals surface area contributed by atoms with Gasteiger partial charge in [-0.05, 0) is 74.6 Å². The minimum absolute atomic E-state index is 0.0421. The summed E-state index contributed by atoms with van der Waals surface area (Å²) in [6.45, 7) is 4.48. The molecule has 9 rings (SSSR count). The van der Waals surface area contributed by atoms with Crippen LogP contribution in [0.3, 0.4) is 0 Å². The fourth-order valence-corrected chi connectivity index (χ4v) is 10.6. The van der Waals surface area contributed by atoms with Gasteiger partial charge in [0, 0.05) is 52.8 Å². The van der Waals surface area contributed by atoms with Crippen molar-refractivity contribution < 1.29 is 19.7 Å². The van der Waals surface area contributed by atoms with E-state index in [0.29, 0.717) is 18.2 Å². The van der Waals surface area contributed by atoms with Crippen LogP contribution in [0.5, 0.6) is 11.5 Å². The maximum Gasteiger partial charge on any atom is 0.165 e. The van der Waals surface area contributed by atoms with Gasteiger partial charge in [-0.2, -0.15) is 0 Å². The number of piperidine rings is 1. The van der Waals surface area contributed by atoms with E-state index < -0.39 is 17.1 Å². The summed E-state index contributed by atoms with van der Waals surface area (Å²) in [6.07, 6.45) is 13.3. The van der Waals surface area contributed by atoms with Crippen molar-refractivity contribution in [1.82, 2.24) is 4.90 Å². The second-order valence-corrected chi connectivity index (χ2v) is 13.7. The van der Waals surface area contributed by atoms with E-state index >= 15 is 0 Å². The zero-order valence-electron chi connectivity index (χ0n) is 21.8. The number of hydrogen-bond acceptors (Lipinski definition) is 6. The highest BCUT2D eigenvalue weighted by molar-refractivity contribution is 7.80. The Morgan fingerprint density at radius 1 is 1.24 bits per heavy atom. The van der Waals surface area contributed by atoms with Gasteiger partial charge >= 0.3 is 0 Å². The van der Waals surface area contributed by atoms with Crippen LogP contribution < -0.4 is 4.74 Å². The van der Waals surface area contributed by atoms with Crippen molar-refractivity contribution >= 4 is 17.1 Å². The van der Waals surface area contributed by atoms with E-state index in [1.165, 1.54) is 30.5 Å². The average Bonchev–Trinajstić information content (AvgIpc) is 3.64. The third kappa shape index (κ3) is 2.51. The molecule has 0 aromatic heterocycles. The number of phenols is 1. The lowest BCUT2D eigenvalue weighted by Crippen LogP contribution is -2.84. The topological polar surface area (TPSA) is 62.2 Å². The molecule has 5 nitrogen and oxygen atoms in total. The molecule has 8 aliphatic rings. The lowest BCUT2D eigenvalue weighted by molar-refractivity contribution is -0.319. The number of aromatic hydroxyl groups is 1. The second kappa shape index (κ2) is 7.26. The smallest absolute Gasteiger partial charge is 0.165 e. The number of likely N-dealkylation sites (tertiary alicyclic amines) is 1. The molecule has 2 N–H and O–H groups in total. The van der Waals surface area contributed by atoms with Crippen LogP contribution >= 0.6 is 12.2 Å². The minimum Gasteiger partial charge on any atom is -0.504 e. The summed E-state index contributed by atoms with van der Waals surface area (Å²) in [5, 5.41) is 23.3. The first kappa shape index (κ1) is 23.2. The number of phenolic OH excluding ortho intramolecular Hbond substituents is 1. The summed E-state index contributed by atoms with van der Waals surface area (Å²) >= 11 is 5.77. The van der Waals surface area contributed by atoms with Gasteiger partial charge in [0.2, 0.25) is 0 Å². The normalized spacial score (nSPS) is 43.9. The monoisotopic (exact) mass is 519 g/mol. The fraction of sp³-hybridized carbons (Fsp3) is 0.645. The number of aliphatic hydroxyl groups is 1. The largest absolute Gasteiger partial charge is 0.504 e. The third-order valence-electron chi connectivity index (χ3n) is 12.0. The Kier molecular flexibility index (Phi) is 4.55. The van der Waals surface area contributed by atoms with Crippen LogP contribution in [0.4, 0.5) is 0 Å². The van der Waals surface area contributed by atoms with Gasteiger partial charge < -0.3 is 19.7 Å². The van der Waals surface area contributed by atoms with Crippen molar-refractivity contribution in [2.45, 2.75) is 87.6 Å². The third-order valence-corrected chi connectivity index (χ3v) is 12.4.